The van der Waals surface area contributed by atoms with E-state index in [4.69, 9.17) is 10.1 Å². The minimum atomic E-state index is -0.353. The number of ether oxygens (including phenoxy) is 1. The smallest absolute Gasteiger partial charge is 0.190 e. The summed E-state index contributed by atoms with van der Waals surface area (Å²) < 4.78 is 5.28. The van der Waals surface area contributed by atoms with Crippen LogP contribution in [0, 0.1) is 5.41 Å². The van der Waals surface area contributed by atoms with Gasteiger partial charge in [-0.3, -0.25) is 5.41 Å². The number of benzene rings is 1. The Balaban J connectivity index is 0.00000225. The van der Waals surface area contributed by atoms with Crippen LogP contribution in [0.5, 0.6) is 0 Å². The Bertz CT molecular complexity index is 314. The normalized spacial score (nSPS) is 11.8. The molecule has 0 heterocycles. The third kappa shape index (κ3) is 4.21. The molecule has 3 nitrogen and oxygen atoms in total. The zero-order chi connectivity index (χ0) is 11.3. The van der Waals surface area contributed by atoms with Gasteiger partial charge in [0.2, 0.25) is 0 Å². The maximum atomic E-state index is 9.24. The number of hydrogen-bond acceptors (Lipinski definition) is 3. The topological polar surface area (TPSA) is 53.3 Å². The third-order valence-corrected chi connectivity index (χ3v) is 2.06. The number of rotatable bonds is 4. The number of halogens is 1. The highest BCUT2D eigenvalue weighted by molar-refractivity contribution is 5.85. The molecule has 1 aromatic rings. The fourth-order valence-electron chi connectivity index (χ4n) is 1.36. The average Bonchev–Trinajstić information content (AvgIpc) is 2.19. The summed E-state index contributed by atoms with van der Waals surface area (Å²) in [6.45, 7) is 3.64. The van der Waals surface area contributed by atoms with Crippen molar-refractivity contribution >= 4 is 18.3 Å². The molecule has 1 aromatic carbocycles. The molecule has 1 unspecified atom stereocenters. The van der Waals surface area contributed by atoms with Crippen molar-refractivity contribution in [3.8, 4) is 0 Å². The molecule has 0 aliphatic heterocycles. The van der Waals surface area contributed by atoms with Gasteiger partial charge in [0.1, 0.15) is 0 Å². The zero-order valence-electron chi connectivity index (χ0n) is 9.51. The van der Waals surface area contributed by atoms with E-state index in [2.05, 4.69) is 0 Å². The summed E-state index contributed by atoms with van der Waals surface area (Å²) in [4.78, 5) is 0. The van der Waals surface area contributed by atoms with E-state index in [1.54, 1.807) is 0 Å². The second kappa shape index (κ2) is 7.25. The lowest BCUT2D eigenvalue weighted by atomic mass is 10.00. The summed E-state index contributed by atoms with van der Waals surface area (Å²) in [5, 5.41) is 17.0. The van der Waals surface area contributed by atoms with Crippen LogP contribution in [0.15, 0.2) is 30.3 Å². The van der Waals surface area contributed by atoms with Gasteiger partial charge in [-0.05, 0) is 19.4 Å². The van der Waals surface area contributed by atoms with Gasteiger partial charge >= 0.3 is 0 Å². The molecule has 4 heteroatoms. The van der Waals surface area contributed by atoms with E-state index in [1.165, 1.54) is 0 Å². The first-order chi connectivity index (χ1) is 7.15. The van der Waals surface area contributed by atoms with Crippen molar-refractivity contribution in [2.24, 2.45) is 0 Å². The quantitative estimate of drug-likeness (QED) is 0.631. The van der Waals surface area contributed by atoms with Crippen LogP contribution in [-0.2, 0) is 4.74 Å². The van der Waals surface area contributed by atoms with Gasteiger partial charge in [0.25, 0.3) is 0 Å². The maximum Gasteiger partial charge on any atom is 0.190 e. The Morgan fingerprint density at radius 1 is 1.31 bits per heavy atom. The van der Waals surface area contributed by atoms with Crippen LogP contribution in [0.4, 0.5) is 0 Å². The van der Waals surface area contributed by atoms with Crippen molar-refractivity contribution in [2.75, 3.05) is 6.61 Å². The Kier molecular flexibility index (Phi) is 6.77. The lowest BCUT2D eigenvalue weighted by Crippen LogP contribution is -2.21. The molecule has 0 spiro atoms. The lowest BCUT2D eigenvalue weighted by molar-refractivity contribution is 0.199. The first-order valence-electron chi connectivity index (χ1n) is 5.06. The number of aliphatic hydroxyl groups is 1. The highest BCUT2D eigenvalue weighted by atomic mass is 35.5. The van der Waals surface area contributed by atoms with Gasteiger partial charge < -0.3 is 9.84 Å². The average molecular weight is 244 g/mol. The second-order valence-electron chi connectivity index (χ2n) is 3.68. The van der Waals surface area contributed by atoms with Crippen molar-refractivity contribution in [3.05, 3.63) is 35.9 Å². The zero-order valence-corrected chi connectivity index (χ0v) is 10.3. The van der Waals surface area contributed by atoms with E-state index in [9.17, 15) is 5.11 Å². The summed E-state index contributed by atoms with van der Waals surface area (Å²) in [5.41, 5.74) is 0.908. The Hall–Kier alpha value is -1.06. The highest BCUT2D eigenvalue weighted by Crippen LogP contribution is 2.17. The molecule has 0 saturated heterocycles. The minimum Gasteiger partial charge on any atom is -0.478 e. The van der Waals surface area contributed by atoms with Gasteiger partial charge in [-0.25, -0.2) is 0 Å². The Labute approximate surface area is 102 Å². The van der Waals surface area contributed by atoms with E-state index in [-0.39, 0.29) is 36.9 Å². The molecule has 0 aliphatic carbocycles. The SMILES string of the molecule is CC(C)OC(=N)C(CO)c1ccccc1.Cl. The fourth-order valence-corrected chi connectivity index (χ4v) is 1.36. The van der Waals surface area contributed by atoms with Crippen LogP contribution in [-0.4, -0.2) is 23.7 Å². The predicted octanol–water partition coefficient (Wildman–Crippen LogP) is 2.59. The van der Waals surface area contributed by atoms with Gasteiger partial charge in [0, 0.05) is 0 Å². The fraction of sp³-hybridized carbons (Fsp3) is 0.417. The molecule has 0 radical (unpaired) electrons. The van der Waals surface area contributed by atoms with Crippen LogP contribution in [0.2, 0.25) is 0 Å². The molecule has 2 N–H and O–H groups in total. The first kappa shape index (κ1) is 14.9. The van der Waals surface area contributed by atoms with E-state index in [1.807, 2.05) is 44.2 Å². The summed E-state index contributed by atoms with van der Waals surface area (Å²) >= 11 is 0. The number of nitrogens with one attached hydrogen (secondary N) is 1. The van der Waals surface area contributed by atoms with Crippen LogP contribution in [0.25, 0.3) is 0 Å². The van der Waals surface area contributed by atoms with E-state index < -0.39 is 0 Å². The molecule has 90 valence electrons. The van der Waals surface area contributed by atoms with E-state index in [0.717, 1.165) is 5.56 Å². The minimum absolute atomic E-state index is 0. The van der Waals surface area contributed by atoms with Crippen molar-refractivity contribution in [2.45, 2.75) is 25.9 Å². The Morgan fingerprint density at radius 3 is 2.31 bits per heavy atom. The lowest BCUT2D eigenvalue weighted by Gasteiger charge is -2.18. The molecular formula is C12H18ClNO2. The standard InChI is InChI=1S/C12H17NO2.ClH/c1-9(2)15-12(13)11(8-14)10-6-4-3-5-7-10;/h3-7,9,11,13-14H,8H2,1-2H3;1H. The van der Waals surface area contributed by atoms with Crippen molar-refractivity contribution in [1.29, 1.82) is 5.41 Å². The largest absolute Gasteiger partial charge is 0.478 e. The summed E-state index contributed by atoms with van der Waals surface area (Å²) in [6.07, 6.45) is -0.0322. The van der Waals surface area contributed by atoms with Crippen LogP contribution in [0.3, 0.4) is 0 Å². The molecular weight excluding hydrogens is 226 g/mol. The molecule has 1 rings (SSSR count). The van der Waals surface area contributed by atoms with Crippen molar-refractivity contribution in [3.63, 3.8) is 0 Å². The van der Waals surface area contributed by atoms with Crippen LogP contribution >= 0.6 is 12.4 Å². The molecule has 0 saturated carbocycles. The first-order valence-corrected chi connectivity index (χ1v) is 5.06. The van der Waals surface area contributed by atoms with Gasteiger partial charge in [0.15, 0.2) is 5.90 Å². The molecule has 0 fully saturated rings. The molecule has 0 amide bonds. The molecule has 0 bridgehead atoms. The Morgan fingerprint density at radius 2 is 1.88 bits per heavy atom. The third-order valence-electron chi connectivity index (χ3n) is 2.06. The number of aliphatic hydroxyl groups excluding tert-OH is 1. The summed E-state index contributed by atoms with van der Waals surface area (Å²) in [5.74, 6) is -0.229. The van der Waals surface area contributed by atoms with Gasteiger partial charge in [-0.2, -0.15) is 0 Å². The van der Waals surface area contributed by atoms with Crippen molar-refractivity contribution in [1.82, 2.24) is 0 Å². The van der Waals surface area contributed by atoms with Crippen LogP contribution in [0.1, 0.15) is 25.3 Å². The van der Waals surface area contributed by atoms with E-state index in [0.29, 0.717) is 0 Å². The van der Waals surface area contributed by atoms with Gasteiger partial charge in [-0.15, -0.1) is 12.4 Å². The molecule has 1 atom stereocenters. The van der Waals surface area contributed by atoms with Crippen LogP contribution < -0.4 is 0 Å². The summed E-state index contributed by atoms with van der Waals surface area (Å²) in [7, 11) is 0. The molecule has 0 aromatic heterocycles. The number of hydrogen-bond donors (Lipinski definition) is 2. The van der Waals surface area contributed by atoms with Gasteiger partial charge in [-0.1, -0.05) is 30.3 Å². The van der Waals surface area contributed by atoms with Gasteiger partial charge in [0.05, 0.1) is 18.6 Å². The highest BCUT2D eigenvalue weighted by Gasteiger charge is 2.18. The predicted molar refractivity (Wildman–Crippen MR) is 67.5 cm³/mol. The van der Waals surface area contributed by atoms with Crippen molar-refractivity contribution < 1.29 is 9.84 Å². The maximum absolute atomic E-state index is 9.24. The molecule has 0 aliphatic rings. The second-order valence-corrected chi connectivity index (χ2v) is 3.68. The monoisotopic (exact) mass is 243 g/mol. The summed E-state index contributed by atoms with van der Waals surface area (Å²) in [6, 6.07) is 9.46. The van der Waals surface area contributed by atoms with E-state index >= 15 is 0 Å². The molecule has 16 heavy (non-hydrogen) atoms.